The molecule has 1 aromatic carbocycles. The van der Waals surface area contributed by atoms with Crippen LogP contribution in [0.25, 0.3) is 10.2 Å². The summed E-state index contributed by atoms with van der Waals surface area (Å²) in [6.07, 6.45) is 1.47. The van der Waals surface area contributed by atoms with Gasteiger partial charge in [0.25, 0.3) is 0 Å². The summed E-state index contributed by atoms with van der Waals surface area (Å²) in [5, 5.41) is 2.46. The quantitative estimate of drug-likeness (QED) is 0.816. The lowest BCUT2D eigenvalue weighted by Crippen LogP contribution is -2.28. The molecule has 0 bridgehead atoms. The molecule has 0 radical (unpaired) electrons. The number of imide groups is 1. The highest BCUT2D eigenvalue weighted by molar-refractivity contribution is 7.16. The molecule has 2 amide bonds. The Kier molecular flexibility index (Phi) is 2.92. The Balaban J connectivity index is 1.59. The van der Waals surface area contributed by atoms with Crippen LogP contribution in [-0.4, -0.2) is 29.9 Å². The van der Waals surface area contributed by atoms with Gasteiger partial charge in [-0.3, -0.25) is 14.9 Å². The number of carbonyl (C=O) groups is 2. The summed E-state index contributed by atoms with van der Waals surface area (Å²) < 4.78 is 1.18. The molecule has 0 spiro atoms. The lowest BCUT2D eigenvalue weighted by atomic mass is 9.91. The monoisotopic (exact) mass is 301 g/mol. The van der Waals surface area contributed by atoms with Crippen molar-refractivity contribution in [3.8, 4) is 0 Å². The number of hydrogen-bond donors (Lipinski definition) is 1. The molecule has 5 nitrogen and oxygen atoms in total. The minimum absolute atomic E-state index is 0.0956. The van der Waals surface area contributed by atoms with Gasteiger partial charge in [0.15, 0.2) is 0 Å². The SMILES string of the molecule is O=C1NC(=O)C2CCN(c3ccc4scnc4c3)CCC12. The highest BCUT2D eigenvalue weighted by Crippen LogP contribution is 2.32. The maximum Gasteiger partial charge on any atom is 0.230 e. The summed E-state index contributed by atoms with van der Waals surface area (Å²) in [6.45, 7) is 1.61. The van der Waals surface area contributed by atoms with Crippen molar-refractivity contribution in [1.29, 1.82) is 0 Å². The summed E-state index contributed by atoms with van der Waals surface area (Å²) >= 11 is 1.63. The highest BCUT2D eigenvalue weighted by Gasteiger charge is 2.42. The molecule has 0 aliphatic carbocycles. The van der Waals surface area contributed by atoms with Crippen molar-refractivity contribution in [3.63, 3.8) is 0 Å². The number of thiazole rings is 1. The zero-order chi connectivity index (χ0) is 14.4. The molecule has 4 rings (SSSR count). The summed E-state index contributed by atoms with van der Waals surface area (Å²) in [5.74, 6) is -0.486. The normalized spacial score (nSPS) is 25.8. The Labute approximate surface area is 126 Å². The van der Waals surface area contributed by atoms with Gasteiger partial charge in [0.2, 0.25) is 11.8 Å². The van der Waals surface area contributed by atoms with Crippen molar-refractivity contribution in [3.05, 3.63) is 23.7 Å². The number of benzene rings is 1. The third kappa shape index (κ3) is 2.10. The first-order valence-electron chi connectivity index (χ1n) is 7.15. The van der Waals surface area contributed by atoms with Gasteiger partial charge in [-0.2, -0.15) is 0 Å². The molecule has 2 aliphatic rings. The molecule has 1 N–H and O–H groups in total. The van der Waals surface area contributed by atoms with E-state index in [1.807, 2.05) is 5.51 Å². The molecule has 108 valence electrons. The number of hydrogen-bond acceptors (Lipinski definition) is 5. The second-order valence-corrected chi connectivity index (χ2v) is 6.52. The van der Waals surface area contributed by atoms with Gasteiger partial charge in [-0.05, 0) is 31.0 Å². The van der Waals surface area contributed by atoms with E-state index >= 15 is 0 Å². The van der Waals surface area contributed by atoms with E-state index in [1.54, 1.807) is 11.3 Å². The third-order valence-corrected chi connectivity index (χ3v) is 5.31. The molecule has 2 fully saturated rings. The van der Waals surface area contributed by atoms with Gasteiger partial charge < -0.3 is 4.90 Å². The summed E-state index contributed by atoms with van der Waals surface area (Å²) in [4.78, 5) is 30.2. The number of rotatable bonds is 1. The van der Waals surface area contributed by atoms with E-state index in [9.17, 15) is 9.59 Å². The van der Waals surface area contributed by atoms with Gasteiger partial charge in [-0.15, -0.1) is 11.3 Å². The Morgan fingerprint density at radius 1 is 1.14 bits per heavy atom. The van der Waals surface area contributed by atoms with Crippen LogP contribution in [0.3, 0.4) is 0 Å². The van der Waals surface area contributed by atoms with Gasteiger partial charge in [0, 0.05) is 18.8 Å². The van der Waals surface area contributed by atoms with E-state index in [1.165, 1.54) is 4.70 Å². The Morgan fingerprint density at radius 2 is 1.86 bits per heavy atom. The third-order valence-electron chi connectivity index (χ3n) is 4.50. The number of carbonyl (C=O) groups excluding carboxylic acids is 2. The van der Waals surface area contributed by atoms with Crippen LogP contribution in [0.5, 0.6) is 0 Å². The molecule has 0 saturated carbocycles. The molecule has 2 aromatic rings. The average molecular weight is 301 g/mol. The van der Waals surface area contributed by atoms with E-state index < -0.39 is 0 Å². The van der Waals surface area contributed by atoms with Crippen LogP contribution in [0, 0.1) is 11.8 Å². The lowest BCUT2D eigenvalue weighted by Gasteiger charge is -2.23. The maximum absolute atomic E-state index is 11.8. The molecule has 2 saturated heterocycles. The zero-order valence-electron chi connectivity index (χ0n) is 11.4. The van der Waals surface area contributed by atoms with Crippen LogP contribution in [-0.2, 0) is 9.59 Å². The van der Waals surface area contributed by atoms with E-state index in [0.717, 1.165) is 37.1 Å². The zero-order valence-corrected chi connectivity index (χ0v) is 12.2. The molecule has 6 heteroatoms. The van der Waals surface area contributed by atoms with Gasteiger partial charge >= 0.3 is 0 Å². The molecule has 2 unspecified atom stereocenters. The number of nitrogens with one attached hydrogen (secondary N) is 1. The second kappa shape index (κ2) is 4.80. The number of nitrogens with zero attached hydrogens (tertiary/aromatic N) is 2. The van der Waals surface area contributed by atoms with E-state index in [2.05, 4.69) is 33.4 Å². The Bertz CT molecular complexity index is 703. The summed E-state index contributed by atoms with van der Waals surface area (Å²) in [6, 6.07) is 6.28. The summed E-state index contributed by atoms with van der Waals surface area (Å²) in [5.41, 5.74) is 3.99. The number of fused-ring (bicyclic) bond motifs is 2. The molecular formula is C15H15N3O2S. The second-order valence-electron chi connectivity index (χ2n) is 5.64. The smallest absolute Gasteiger partial charge is 0.230 e. The Hall–Kier alpha value is -1.95. The van der Waals surface area contributed by atoms with Gasteiger partial charge in [-0.1, -0.05) is 0 Å². The highest BCUT2D eigenvalue weighted by atomic mass is 32.1. The lowest BCUT2D eigenvalue weighted by molar-refractivity contribution is -0.126. The minimum Gasteiger partial charge on any atom is -0.371 e. The fourth-order valence-electron chi connectivity index (χ4n) is 3.34. The maximum atomic E-state index is 11.8. The van der Waals surface area contributed by atoms with E-state index in [4.69, 9.17) is 0 Å². The van der Waals surface area contributed by atoms with Crippen LogP contribution in [0.15, 0.2) is 23.7 Å². The van der Waals surface area contributed by atoms with Gasteiger partial charge in [-0.25, -0.2) is 4.98 Å². The number of anilines is 1. The first-order valence-corrected chi connectivity index (χ1v) is 8.03. The predicted molar refractivity (Wildman–Crippen MR) is 81.2 cm³/mol. The van der Waals surface area contributed by atoms with Crippen LogP contribution >= 0.6 is 11.3 Å². The average Bonchev–Trinajstić information content (AvgIpc) is 2.95. The fraction of sp³-hybridized carbons (Fsp3) is 0.400. The summed E-state index contributed by atoms with van der Waals surface area (Å²) in [7, 11) is 0. The first kappa shape index (κ1) is 12.8. The van der Waals surface area contributed by atoms with Crippen LogP contribution in [0.1, 0.15) is 12.8 Å². The van der Waals surface area contributed by atoms with E-state index in [-0.39, 0.29) is 23.7 Å². The van der Waals surface area contributed by atoms with Crippen molar-refractivity contribution >= 4 is 39.1 Å². The topological polar surface area (TPSA) is 62.3 Å². The number of aromatic nitrogens is 1. The Morgan fingerprint density at radius 3 is 2.57 bits per heavy atom. The molecule has 21 heavy (non-hydrogen) atoms. The molecule has 2 aliphatic heterocycles. The largest absolute Gasteiger partial charge is 0.371 e. The van der Waals surface area contributed by atoms with Crippen molar-refractivity contribution in [2.24, 2.45) is 11.8 Å². The van der Waals surface area contributed by atoms with Crippen molar-refractivity contribution in [1.82, 2.24) is 10.3 Å². The van der Waals surface area contributed by atoms with Crippen molar-refractivity contribution < 1.29 is 9.59 Å². The van der Waals surface area contributed by atoms with Crippen LogP contribution in [0.2, 0.25) is 0 Å². The van der Waals surface area contributed by atoms with Crippen LogP contribution < -0.4 is 10.2 Å². The number of amides is 2. The van der Waals surface area contributed by atoms with Crippen LogP contribution in [0.4, 0.5) is 5.69 Å². The molecule has 2 atom stereocenters. The van der Waals surface area contributed by atoms with Gasteiger partial charge in [0.1, 0.15) is 0 Å². The molecule has 3 heterocycles. The predicted octanol–water partition coefficient (Wildman–Crippen LogP) is 1.79. The van der Waals surface area contributed by atoms with Crippen molar-refractivity contribution in [2.75, 3.05) is 18.0 Å². The van der Waals surface area contributed by atoms with Gasteiger partial charge in [0.05, 0.1) is 27.6 Å². The fourth-order valence-corrected chi connectivity index (χ4v) is 4.00. The molecule has 1 aromatic heterocycles. The van der Waals surface area contributed by atoms with E-state index in [0.29, 0.717) is 0 Å². The first-order chi connectivity index (χ1) is 10.2. The molecular weight excluding hydrogens is 286 g/mol. The van der Waals surface area contributed by atoms with Crippen molar-refractivity contribution in [2.45, 2.75) is 12.8 Å². The standard InChI is InChI=1S/C15H15N3O2S/c19-14-10-3-5-18(6-4-11(10)15(20)17-14)9-1-2-13-12(7-9)16-8-21-13/h1-2,7-8,10-11H,3-6H2,(H,17,19,20). The minimum atomic E-state index is -0.148.